The number of ether oxygens (including phenoxy) is 1. The lowest BCUT2D eigenvalue weighted by atomic mass is 10.1. The molecular weight excluding hydrogens is 150 g/mol. The Kier molecular flexibility index (Phi) is 1.77. The van der Waals surface area contributed by atoms with Gasteiger partial charge in [0, 0.05) is 5.56 Å². The van der Waals surface area contributed by atoms with Gasteiger partial charge in [-0.3, -0.25) is 0 Å². The van der Waals surface area contributed by atoms with Crippen LogP contribution in [0.25, 0.3) is 0 Å². The van der Waals surface area contributed by atoms with Crippen LogP contribution in [0, 0.1) is 6.92 Å². The van der Waals surface area contributed by atoms with Gasteiger partial charge in [-0.1, -0.05) is 18.2 Å². The van der Waals surface area contributed by atoms with Crippen molar-refractivity contribution in [2.45, 2.75) is 13.0 Å². The predicted molar refractivity (Wildman–Crippen MR) is 48.5 cm³/mol. The van der Waals surface area contributed by atoms with Gasteiger partial charge >= 0.3 is 0 Å². The molecule has 1 aliphatic rings. The van der Waals surface area contributed by atoms with Crippen molar-refractivity contribution in [3.8, 4) is 5.75 Å². The molecule has 0 fully saturated rings. The predicted octanol–water partition coefficient (Wildman–Crippen LogP) is 1.65. The molecular formula is C10H13NO. The molecule has 1 aromatic rings. The van der Waals surface area contributed by atoms with Crippen molar-refractivity contribution in [2.24, 2.45) is 0 Å². The highest BCUT2D eigenvalue weighted by atomic mass is 16.5. The van der Waals surface area contributed by atoms with Crippen LogP contribution in [0.1, 0.15) is 17.2 Å². The normalized spacial score (nSPS) is 20.3. The SMILES string of the molecule is CNC1COc2c(C)cccc21. The monoisotopic (exact) mass is 163 g/mol. The van der Waals surface area contributed by atoms with E-state index in [0.29, 0.717) is 6.04 Å². The molecule has 12 heavy (non-hydrogen) atoms. The van der Waals surface area contributed by atoms with Crippen LogP contribution in [0.4, 0.5) is 0 Å². The van der Waals surface area contributed by atoms with Gasteiger partial charge in [-0.15, -0.1) is 0 Å². The molecule has 1 atom stereocenters. The number of benzene rings is 1. The highest BCUT2D eigenvalue weighted by molar-refractivity contribution is 5.45. The van der Waals surface area contributed by atoms with Gasteiger partial charge in [0.1, 0.15) is 12.4 Å². The van der Waals surface area contributed by atoms with E-state index in [1.54, 1.807) is 0 Å². The third-order valence-corrected chi connectivity index (χ3v) is 2.36. The Morgan fingerprint density at radius 3 is 3.08 bits per heavy atom. The van der Waals surface area contributed by atoms with Crippen LogP contribution in [0.15, 0.2) is 18.2 Å². The largest absolute Gasteiger partial charge is 0.491 e. The molecule has 1 heterocycles. The minimum Gasteiger partial charge on any atom is -0.491 e. The van der Waals surface area contributed by atoms with Gasteiger partial charge < -0.3 is 10.1 Å². The van der Waals surface area contributed by atoms with E-state index in [4.69, 9.17) is 4.74 Å². The Bertz CT molecular complexity index is 296. The number of para-hydroxylation sites is 1. The summed E-state index contributed by atoms with van der Waals surface area (Å²) in [6, 6.07) is 6.65. The molecule has 64 valence electrons. The minimum absolute atomic E-state index is 0.375. The quantitative estimate of drug-likeness (QED) is 0.679. The van der Waals surface area contributed by atoms with Gasteiger partial charge in [0.05, 0.1) is 6.04 Å². The van der Waals surface area contributed by atoms with E-state index in [1.807, 2.05) is 7.05 Å². The topological polar surface area (TPSA) is 21.3 Å². The molecule has 1 aromatic carbocycles. The molecule has 1 aliphatic heterocycles. The van der Waals surface area contributed by atoms with Crippen LogP contribution in [-0.2, 0) is 0 Å². The van der Waals surface area contributed by atoms with Crippen LogP contribution >= 0.6 is 0 Å². The fourth-order valence-corrected chi connectivity index (χ4v) is 1.64. The third-order valence-electron chi connectivity index (χ3n) is 2.36. The van der Waals surface area contributed by atoms with E-state index >= 15 is 0 Å². The third kappa shape index (κ3) is 0.994. The molecule has 0 radical (unpaired) electrons. The number of rotatable bonds is 1. The van der Waals surface area contributed by atoms with Gasteiger partial charge in [-0.05, 0) is 19.5 Å². The highest BCUT2D eigenvalue weighted by Crippen LogP contribution is 2.34. The summed E-state index contributed by atoms with van der Waals surface area (Å²) in [5.74, 6) is 1.07. The fraction of sp³-hybridized carbons (Fsp3) is 0.400. The molecule has 0 aromatic heterocycles. The van der Waals surface area contributed by atoms with Crippen molar-refractivity contribution in [2.75, 3.05) is 13.7 Å². The second kappa shape index (κ2) is 2.79. The van der Waals surface area contributed by atoms with Crippen LogP contribution in [0.3, 0.4) is 0 Å². The van der Waals surface area contributed by atoms with E-state index in [0.717, 1.165) is 12.4 Å². The molecule has 0 saturated carbocycles. The summed E-state index contributed by atoms with van der Waals surface area (Å²) in [6.07, 6.45) is 0. The van der Waals surface area contributed by atoms with E-state index in [1.165, 1.54) is 11.1 Å². The first-order valence-corrected chi connectivity index (χ1v) is 4.22. The van der Waals surface area contributed by atoms with Crippen molar-refractivity contribution in [1.29, 1.82) is 0 Å². The lowest BCUT2D eigenvalue weighted by Crippen LogP contribution is -2.16. The molecule has 0 spiro atoms. The van der Waals surface area contributed by atoms with E-state index < -0.39 is 0 Å². The van der Waals surface area contributed by atoms with Crippen LogP contribution < -0.4 is 10.1 Å². The molecule has 2 heteroatoms. The van der Waals surface area contributed by atoms with Crippen LogP contribution in [-0.4, -0.2) is 13.7 Å². The maximum atomic E-state index is 5.57. The summed E-state index contributed by atoms with van der Waals surface area (Å²) >= 11 is 0. The number of nitrogens with one attached hydrogen (secondary N) is 1. The van der Waals surface area contributed by atoms with E-state index in [9.17, 15) is 0 Å². The first-order valence-electron chi connectivity index (χ1n) is 4.22. The molecule has 2 rings (SSSR count). The van der Waals surface area contributed by atoms with Gasteiger partial charge in [0.25, 0.3) is 0 Å². The van der Waals surface area contributed by atoms with Gasteiger partial charge in [-0.25, -0.2) is 0 Å². The first-order chi connectivity index (χ1) is 5.83. The number of aryl methyl sites for hydroxylation is 1. The minimum atomic E-state index is 0.375. The summed E-state index contributed by atoms with van der Waals surface area (Å²) in [4.78, 5) is 0. The van der Waals surface area contributed by atoms with Crippen LogP contribution in [0.5, 0.6) is 5.75 Å². The summed E-state index contributed by atoms with van der Waals surface area (Å²) < 4.78 is 5.57. The Labute approximate surface area is 72.5 Å². The Hall–Kier alpha value is -1.02. The maximum absolute atomic E-state index is 5.57. The van der Waals surface area contributed by atoms with Crippen LogP contribution in [0.2, 0.25) is 0 Å². The van der Waals surface area contributed by atoms with Gasteiger partial charge in [0.15, 0.2) is 0 Å². The molecule has 1 unspecified atom stereocenters. The second-order valence-electron chi connectivity index (χ2n) is 3.15. The summed E-state index contributed by atoms with van der Waals surface area (Å²) in [5.41, 5.74) is 2.52. The molecule has 0 saturated heterocycles. The fourth-order valence-electron chi connectivity index (χ4n) is 1.64. The molecule has 0 amide bonds. The van der Waals surface area contributed by atoms with Crippen molar-refractivity contribution >= 4 is 0 Å². The number of fused-ring (bicyclic) bond motifs is 1. The zero-order chi connectivity index (χ0) is 8.55. The number of hydrogen-bond donors (Lipinski definition) is 1. The number of hydrogen-bond acceptors (Lipinski definition) is 2. The summed E-state index contributed by atoms with van der Waals surface area (Å²) in [7, 11) is 1.96. The lowest BCUT2D eigenvalue weighted by Gasteiger charge is -2.05. The second-order valence-corrected chi connectivity index (χ2v) is 3.15. The van der Waals surface area contributed by atoms with Gasteiger partial charge in [-0.2, -0.15) is 0 Å². The van der Waals surface area contributed by atoms with E-state index in [-0.39, 0.29) is 0 Å². The zero-order valence-corrected chi connectivity index (χ0v) is 7.42. The highest BCUT2D eigenvalue weighted by Gasteiger charge is 2.23. The van der Waals surface area contributed by atoms with E-state index in [2.05, 4.69) is 30.4 Å². The maximum Gasteiger partial charge on any atom is 0.127 e. The summed E-state index contributed by atoms with van der Waals surface area (Å²) in [5, 5.41) is 3.22. The Morgan fingerprint density at radius 1 is 1.50 bits per heavy atom. The average Bonchev–Trinajstić information content (AvgIpc) is 2.49. The zero-order valence-electron chi connectivity index (χ0n) is 7.42. The smallest absolute Gasteiger partial charge is 0.127 e. The van der Waals surface area contributed by atoms with Crippen molar-refractivity contribution in [3.05, 3.63) is 29.3 Å². The average molecular weight is 163 g/mol. The first kappa shape index (κ1) is 7.62. The number of likely N-dealkylation sites (N-methyl/N-ethyl adjacent to an activating group) is 1. The molecule has 0 bridgehead atoms. The Balaban J connectivity index is 2.46. The van der Waals surface area contributed by atoms with Crippen molar-refractivity contribution in [3.63, 3.8) is 0 Å². The van der Waals surface area contributed by atoms with Gasteiger partial charge in [0.2, 0.25) is 0 Å². The molecule has 1 N–H and O–H groups in total. The molecule has 2 nitrogen and oxygen atoms in total. The Morgan fingerprint density at radius 2 is 2.33 bits per heavy atom. The standard InChI is InChI=1S/C10H13NO/c1-7-4-3-5-8-9(11-2)6-12-10(7)8/h3-5,9,11H,6H2,1-2H3. The summed E-state index contributed by atoms with van der Waals surface area (Å²) in [6.45, 7) is 2.84. The van der Waals surface area contributed by atoms with Crippen molar-refractivity contribution < 1.29 is 4.74 Å². The molecule has 0 aliphatic carbocycles. The lowest BCUT2D eigenvalue weighted by molar-refractivity contribution is 0.316. The van der Waals surface area contributed by atoms with Crippen molar-refractivity contribution in [1.82, 2.24) is 5.32 Å².